The summed E-state index contributed by atoms with van der Waals surface area (Å²) in [4.78, 5) is 25.0. The van der Waals surface area contributed by atoms with Crippen molar-refractivity contribution in [2.24, 2.45) is 0 Å². The number of amides is 1. The van der Waals surface area contributed by atoms with E-state index in [2.05, 4.69) is 0 Å². The minimum Gasteiger partial charge on any atom is -0.480 e. The van der Waals surface area contributed by atoms with Gasteiger partial charge in [-0.2, -0.15) is 0 Å². The van der Waals surface area contributed by atoms with Crippen LogP contribution in [0, 0.1) is 0 Å². The lowest BCUT2D eigenvalue weighted by Gasteiger charge is -2.30. The van der Waals surface area contributed by atoms with Gasteiger partial charge in [-0.15, -0.1) is 0 Å². The van der Waals surface area contributed by atoms with Crippen LogP contribution in [0.2, 0.25) is 0 Å². The highest BCUT2D eigenvalue weighted by Crippen LogP contribution is 2.33. The lowest BCUT2D eigenvalue weighted by atomic mass is 9.97. The summed E-state index contributed by atoms with van der Waals surface area (Å²) in [6.07, 6.45) is 1.91. The number of carboxylic acids is 1. The van der Waals surface area contributed by atoms with E-state index in [1.165, 1.54) is 4.90 Å². The van der Waals surface area contributed by atoms with Crippen molar-refractivity contribution in [1.82, 2.24) is 4.90 Å². The molecule has 1 amide bonds. The van der Waals surface area contributed by atoms with Crippen LogP contribution in [-0.2, 0) is 20.7 Å². The molecule has 1 aliphatic carbocycles. The van der Waals surface area contributed by atoms with Gasteiger partial charge in [-0.05, 0) is 30.4 Å². The van der Waals surface area contributed by atoms with Crippen LogP contribution in [0.1, 0.15) is 30.1 Å². The van der Waals surface area contributed by atoms with Gasteiger partial charge >= 0.3 is 5.97 Å². The number of hydrogen-bond acceptors (Lipinski definition) is 3. The first kappa shape index (κ1) is 13.1. The van der Waals surface area contributed by atoms with Gasteiger partial charge in [-0.1, -0.05) is 24.3 Å². The highest BCUT2D eigenvalue weighted by Gasteiger charge is 2.39. The maximum absolute atomic E-state index is 12.6. The van der Waals surface area contributed by atoms with E-state index in [0.717, 1.165) is 30.4 Å². The first-order valence-electron chi connectivity index (χ1n) is 6.88. The van der Waals surface area contributed by atoms with E-state index in [9.17, 15) is 9.59 Å². The smallest absolute Gasteiger partial charge is 0.323 e. The normalized spacial score (nSPS) is 21.1. The summed E-state index contributed by atoms with van der Waals surface area (Å²) in [5, 5.41) is 8.97. The number of carbonyl (C=O) groups is 2. The number of hydrogen-bond donors (Lipinski definition) is 1. The van der Waals surface area contributed by atoms with E-state index < -0.39 is 12.1 Å². The van der Waals surface area contributed by atoms with Crippen LogP contribution in [0.3, 0.4) is 0 Å². The molecule has 1 aliphatic heterocycles. The Morgan fingerprint density at radius 2 is 2.05 bits per heavy atom. The van der Waals surface area contributed by atoms with Crippen molar-refractivity contribution in [2.75, 3.05) is 13.2 Å². The van der Waals surface area contributed by atoms with E-state index >= 15 is 0 Å². The fourth-order valence-electron chi connectivity index (χ4n) is 2.67. The Morgan fingerprint density at radius 3 is 2.75 bits per heavy atom. The van der Waals surface area contributed by atoms with Crippen LogP contribution in [-0.4, -0.2) is 41.1 Å². The molecule has 5 heteroatoms. The van der Waals surface area contributed by atoms with Gasteiger partial charge in [-0.3, -0.25) is 9.59 Å². The first-order chi connectivity index (χ1) is 9.66. The first-order valence-corrected chi connectivity index (χ1v) is 6.88. The zero-order valence-electron chi connectivity index (χ0n) is 11.1. The molecule has 1 unspecified atom stereocenters. The Labute approximate surface area is 117 Å². The second-order valence-electron chi connectivity index (χ2n) is 5.29. The Balaban J connectivity index is 1.84. The number of benzene rings is 1. The zero-order valence-corrected chi connectivity index (χ0v) is 11.1. The van der Waals surface area contributed by atoms with Crippen LogP contribution >= 0.6 is 0 Å². The highest BCUT2D eigenvalue weighted by atomic mass is 16.5. The summed E-state index contributed by atoms with van der Waals surface area (Å²) >= 11 is 0. The molecule has 1 heterocycles. The van der Waals surface area contributed by atoms with Gasteiger partial charge in [0, 0.05) is 6.04 Å². The fourth-order valence-corrected chi connectivity index (χ4v) is 2.67. The Hall–Kier alpha value is -1.88. The summed E-state index contributed by atoms with van der Waals surface area (Å²) in [5.74, 6) is -1.20. The summed E-state index contributed by atoms with van der Waals surface area (Å²) in [5.41, 5.74) is 1.99. The molecular weight excluding hydrogens is 258 g/mol. The third kappa shape index (κ3) is 2.54. The summed E-state index contributed by atoms with van der Waals surface area (Å²) < 4.78 is 5.62. The van der Waals surface area contributed by atoms with Crippen LogP contribution in [0.15, 0.2) is 24.3 Å². The van der Waals surface area contributed by atoms with Gasteiger partial charge in [0.05, 0.1) is 6.61 Å². The molecule has 0 radical (unpaired) electrons. The molecular formula is C15H17NO4. The number of carbonyl (C=O) groups excluding carboxylic acids is 1. The molecule has 0 spiro atoms. The van der Waals surface area contributed by atoms with Gasteiger partial charge in [0.25, 0.3) is 5.91 Å². The topological polar surface area (TPSA) is 66.8 Å². The number of aliphatic carboxylic acids is 1. The van der Waals surface area contributed by atoms with Crippen molar-refractivity contribution in [3.8, 4) is 0 Å². The highest BCUT2D eigenvalue weighted by molar-refractivity contribution is 5.86. The molecule has 1 N–H and O–H groups in total. The molecule has 0 bridgehead atoms. The maximum Gasteiger partial charge on any atom is 0.323 e. The quantitative estimate of drug-likeness (QED) is 0.901. The summed E-state index contributed by atoms with van der Waals surface area (Å²) in [6, 6.07) is 7.78. The van der Waals surface area contributed by atoms with Crippen LogP contribution < -0.4 is 0 Å². The van der Waals surface area contributed by atoms with E-state index in [0.29, 0.717) is 6.61 Å². The van der Waals surface area contributed by atoms with E-state index in [-0.39, 0.29) is 18.5 Å². The Morgan fingerprint density at radius 1 is 1.30 bits per heavy atom. The van der Waals surface area contributed by atoms with Gasteiger partial charge in [0.1, 0.15) is 6.54 Å². The molecule has 106 valence electrons. The minimum absolute atomic E-state index is 0.0660. The SMILES string of the molecule is O=C(O)CN(C(=O)C1OCCc2ccccc21)C1CC1. The van der Waals surface area contributed by atoms with E-state index in [1.54, 1.807) is 0 Å². The van der Waals surface area contributed by atoms with Crippen molar-refractivity contribution in [3.63, 3.8) is 0 Å². The number of ether oxygens (including phenoxy) is 1. The molecule has 1 atom stereocenters. The lowest BCUT2D eigenvalue weighted by Crippen LogP contribution is -2.42. The average Bonchev–Trinajstić information content (AvgIpc) is 3.28. The third-order valence-corrected chi connectivity index (χ3v) is 3.79. The maximum atomic E-state index is 12.6. The Bertz CT molecular complexity index is 538. The van der Waals surface area contributed by atoms with Crippen LogP contribution in [0.5, 0.6) is 0 Å². The predicted molar refractivity (Wildman–Crippen MR) is 71.2 cm³/mol. The monoisotopic (exact) mass is 275 g/mol. The zero-order chi connectivity index (χ0) is 14.1. The average molecular weight is 275 g/mol. The molecule has 5 nitrogen and oxygen atoms in total. The summed E-state index contributed by atoms with van der Waals surface area (Å²) in [6.45, 7) is 0.254. The van der Waals surface area contributed by atoms with E-state index in [4.69, 9.17) is 9.84 Å². The molecule has 1 saturated carbocycles. The molecule has 1 fully saturated rings. The van der Waals surface area contributed by atoms with Crippen molar-refractivity contribution < 1.29 is 19.4 Å². The number of carboxylic acid groups (broad SMARTS) is 1. The van der Waals surface area contributed by atoms with Gasteiger partial charge < -0.3 is 14.7 Å². The predicted octanol–water partition coefficient (Wildman–Crippen LogP) is 1.38. The molecule has 0 aromatic heterocycles. The van der Waals surface area contributed by atoms with Gasteiger partial charge in [-0.25, -0.2) is 0 Å². The molecule has 1 aromatic carbocycles. The van der Waals surface area contributed by atoms with Crippen LogP contribution in [0.4, 0.5) is 0 Å². The molecule has 2 aliphatic rings. The number of fused-ring (bicyclic) bond motifs is 1. The second kappa shape index (κ2) is 5.25. The van der Waals surface area contributed by atoms with Crippen molar-refractivity contribution in [1.29, 1.82) is 0 Å². The largest absolute Gasteiger partial charge is 0.480 e. The van der Waals surface area contributed by atoms with E-state index in [1.807, 2.05) is 24.3 Å². The fraction of sp³-hybridized carbons (Fsp3) is 0.467. The summed E-state index contributed by atoms with van der Waals surface area (Å²) in [7, 11) is 0. The molecule has 0 saturated heterocycles. The standard InChI is InChI=1S/C15H17NO4/c17-13(18)9-16(11-5-6-11)15(19)14-12-4-2-1-3-10(12)7-8-20-14/h1-4,11,14H,5-9H2,(H,17,18). The van der Waals surface area contributed by atoms with Gasteiger partial charge in [0.15, 0.2) is 6.10 Å². The van der Waals surface area contributed by atoms with Crippen molar-refractivity contribution in [3.05, 3.63) is 35.4 Å². The van der Waals surface area contributed by atoms with Crippen molar-refractivity contribution in [2.45, 2.75) is 31.4 Å². The Kier molecular flexibility index (Phi) is 3.44. The molecule has 1 aromatic rings. The van der Waals surface area contributed by atoms with Crippen molar-refractivity contribution >= 4 is 11.9 Å². The lowest BCUT2D eigenvalue weighted by molar-refractivity contribution is -0.152. The minimum atomic E-state index is -0.977. The third-order valence-electron chi connectivity index (χ3n) is 3.79. The molecule has 3 rings (SSSR count). The second-order valence-corrected chi connectivity index (χ2v) is 5.29. The molecule has 20 heavy (non-hydrogen) atoms. The number of nitrogens with zero attached hydrogens (tertiary/aromatic N) is 1. The van der Waals surface area contributed by atoms with Gasteiger partial charge in [0.2, 0.25) is 0 Å². The van der Waals surface area contributed by atoms with Crippen LogP contribution in [0.25, 0.3) is 0 Å². The number of rotatable bonds is 4.